The summed E-state index contributed by atoms with van der Waals surface area (Å²) in [6, 6.07) is 8.39. The first-order valence-corrected chi connectivity index (χ1v) is 8.41. The number of rotatable bonds is 7. The van der Waals surface area contributed by atoms with Crippen LogP contribution in [0.4, 0.5) is 11.4 Å². The predicted molar refractivity (Wildman–Crippen MR) is 104 cm³/mol. The van der Waals surface area contributed by atoms with Gasteiger partial charge in [-0.15, -0.1) is 0 Å². The molecule has 27 heavy (non-hydrogen) atoms. The monoisotopic (exact) mass is 392 g/mol. The third kappa shape index (κ3) is 5.04. The summed E-state index contributed by atoms with van der Waals surface area (Å²) in [6.45, 7) is 1.81. The summed E-state index contributed by atoms with van der Waals surface area (Å²) < 4.78 is 15.2. The van der Waals surface area contributed by atoms with E-state index in [0.717, 1.165) is 5.56 Å². The number of halogens is 1. The van der Waals surface area contributed by atoms with Gasteiger partial charge in [-0.1, -0.05) is 17.7 Å². The molecule has 0 spiro atoms. The summed E-state index contributed by atoms with van der Waals surface area (Å²) in [4.78, 5) is 24.3. The Morgan fingerprint density at radius 1 is 1.00 bits per heavy atom. The quantitative estimate of drug-likeness (QED) is 0.701. The molecular formula is C19H21ClN2O5. The highest BCUT2D eigenvalue weighted by Gasteiger charge is 2.18. The summed E-state index contributed by atoms with van der Waals surface area (Å²) in [6.07, 6.45) is 0. The molecule has 2 rings (SSSR count). The van der Waals surface area contributed by atoms with Crippen molar-refractivity contribution in [2.75, 3.05) is 38.5 Å². The first kappa shape index (κ1) is 20.4. The lowest BCUT2D eigenvalue weighted by atomic mass is 10.1. The van der Waals surface area contributed by atoms with Crippen molar-refractivity contribution in [3.8, 4) is 11.5 Å². The summed E-state index contributed by atoms with van der Waals surface area (Å²) in [7, 11) is 4.21. The summed E-state index contributed by atoms with van der Waals surface area (Å²) >= 11 is 6.12. The van der Waals surface area contributed by atoms with E-state index in [1.54, 1.807) is 18.2 Å². The summed E-state index contributed by atoms with van der Waals surface area (Å²) in [5.41, 5.74) is 2.10. The van der Waals surface area contributed by atoms with E-state index in [-0.39, 0.29) is 18.0 Å². The third-order valence-electron chi connectivity index (χ3n) is 3.77. The summed E-state index contributed by atoms with van der Waals surface area (Å²) in [5, 5.41) is 6.08. The second-order valence-electron chi connectivity index (χ2n) is 5.63. The number of anilines is 2. The van der Waals surface area contributed by atoms with Crippen LogP contribution >= 0.6 is 11.6 Å². The minimum Gasteiger partial charge on any atom is -0.493 e. The average Bonchev–Trinajstić information content (AvgIpc) is 2.67. The zero-order valence-electron chi connectivity index (χ0n) is 15.5. The van der Waals surface area contributed by atoms with Gasteiger partial charge in [0.2, 0.25) is 5.91 Å². The molecule has 2 aromatic rings. The fourth-order valence-electron chi connectivity index (χ4n) is 2.40. The van der Waals surface area contributed by atoms with E-state index in [4.69, 9.17) is 25.8 Å². The second kappa shape index (κ2) is 9.14. The number of benzene rings is 2. The highest BCUT2D eigenvalue weighted by molar-refractivity contribution is 6.33. The van der Waals surface area contributed by atoms with Crippen molar-refractivity contribution in [1.82, 2.24) is 0 Å². The highest BCUT2D eigenvalue weighted by Crippen LogP contribution is 2.33. The topological polar surface area (TPSA) is 85.9 Å². The van der Waals surface area contributed by atoms with Gasteiger partial charge in [0.05, 0.1) is 49.8 Å². The molecule has 0 saturated carbocycles. The Labute approximate surface area is 162 Å². The zero-order valence-corrected chi connectivity index (χ0v) is 16.3. The van der Waals surface area contributed by atoms with Crippen LogP contribution in [0.1, 0.15) is 15.9 Å². The molecule has 0 aromatic heterocycles. The number of methoxy groups -OCH3 is 3. The predicted octanol–water partition coefficient (Wildman–Crippen LogP) is 3.50. The van der Waals surface area contributed by atoms with Crippen molar-refractivity contribution in [1.29, 1.82) is 0 Å². The molecule has 0 aliphatic carbocycles. The molecule has 0 radical (unpaired) electrons. The molecule has 0 saturated heterocycles. The van der Waals surface area contributed by atoms with Gasteiger partial charge in [0.1, 0.15) is 0 Å². The smallest absolute Gasteiger partial charge is 0.340 e. The first-order valence-electron chi connectivity index (χ1n) is 8.03. The van der Waals surface area contributed by atoms with Gasteiger partial charge in [0.25, 0.3) is 0 Å². The van der Waals surface area contributed by atoms with E-state index in [2.05, 4.69) is 10.6 Å². The van der Waals surface area contributed by atoms with Gasteiger partial charge in [-0.3, -0.25) is 4.79 Å². The molecule has 144 valence electrons. The molecule has 8 heteroatoms. The number of ether oxygens (including phenoxy) is 3. The lowest BCUT2D eigenvalue weighted by molar-refractivity contribution is -0.114. The van der Waals surface area contributed by atoms with E-state index in [0.29, 0.717) is 27.9 Å². The van der Waals surface area contributed by atoms with Gasteiger partial charge in [-0.05, 0) is 24.6 Å². The fraction of sp³-hybridized carbons (Fsp3) is 0.263. The van der Waals surface area contributed by atoms with Gasteiger partial charge >= 0.3 is 5.97 Å². The molecule has 2 N–H and O–H groups in total. The molecule has 1 amide bonds. The van der Waals surface area contributed by atoms with Crippen molar-refractivity contribution >= 4 is 34.9 Å². The van der Waals surface area contributed by atoms with Crippen LogP contribution in [0.5, 0.6) is 11.5 Å². The van der Waals surface area contributed by atoms with Crippen LogP contribution in [-0.4, -0.2) is 39.8 Å². The minimum absolute atomic E-state index is 0.0936. The summed E-state index contributed by atoms with van der Waals surface area (Å²) in [5.74, 6) is -0.110. The third-order valence-corrected chi connectivity index (χ3v) is 4.08. The van der Waals surface area contributed by atoms with Crippen LogP contribution in [0.2, 0.25) is 5.02 Å². The maximum atomic E-state index is 12.2. The Bertz CT molecular complexity index is 854. The first-order chi connectivity index (χ1) is 12.9. The van der Waals surface area contributed by atoms with E-state index in [1.807, 2.05) is 13.0 Å². The number of hydrogen-bond acceptors (Lipinski definition) is 6. The van der Waals surface area contributed by atoms with Crippen molar-refractivity contribution in [2.45, 2.75) is 6.92 Å². The number of amides is 1. The molecule has 2 aromatic carbocycles. The molecule has 7 nitrogen and oxygen atoms in total. The van der Waals surface area contributed by atoms with Gasteiger partial charge < -0.3 is 24.8 Å². The Hall–Kier alpha value is -2.93. The van der Waals surface area contributed by atoms with Crippen LogP contribution in [0.25, 0.3) is 0 Å². The van der Waals surface area contributed by atoms with E-state index < -0.39 is 5.97 Å². The highest BCUT2D eigenvalue weighted by atomic mass is 35.5. The van der Waals surface area contributed by atoms with Crippen molar-refractivity contribution in [3.63, 3.8) is 0 Å². The van der Waals surface area contributed by atoms with E-state index in [9.17, 15) is 9.59 Å². The lowest BCUT2D eigenvalue weighted by Gasteiger charge is -2.15. The van der Waals surface area contributed by atoms with Crippen molar-refractivity contribution < 1.29 is 23.8 Å². The normalized spacial score (nSPS) is 10.1. The number of carbonyl (C=O) groups excluding carboxylic acids is 2. The van der Waals surface area contributed by atoms with Gasteiger partial charge in [-0.2, -0.15) is 0 Å². The van der Waals surface area contributed by atoms with Crippen LogP contribution in [0.15, 0.2) is 30.3 Å². The maximum Gasteiger partial charge on any atom is 0.340 e. The van der Waals surface area contributed by atoms with Crippen molar-refractivity contribution in [3.05, 3.63) is 46.5 Å². The Kier molecular flexibility index (Phi) is 6.90. The van der Waals surface area contributed by atoms with Gasteiger partial charge in [-0.25, -0.2) is 4.79 Å². The van der Waals surface area contributed by atoms with Crippen LogP contribution in [-0.2, 0) is 9.53 Å². The second-order valence-corrected chi connectivity index (χ2v) is 6.04. The molecule has 0 fully saturated rings. The fourth-order valence-corrected chi connectivity index (χ4v) is 2.68. The van der Waals surface area contributed by atoms with Crippen molar-refractivity contribution in [2.24, 2.45) is 0 Å². The van der Waals surface area contributed by atoms with Crippen LogP contribution in [0, 0.1) is 6.92 Å². The Morgan fingerprint density at radius 3 is 2.26 bits per heavy atom. The van der Waals surface area contributed by atoms with Crippen LogP contribution < -0.4 is 20.1 Å². The van der Waals surface area contributed by atoms with Gasteiger partial charge in [0.15, 0.2) is 11.5 Å². The average molecular weight is 393 g/mol. The molecular weight excluding hydrogens is 372 g/mol. The van der Waals surface area contributed by atoms with Crippen LogP contribution in [0.3, 0.4) is 0 Å². The molecule has 0 heterocycles. The number of nitrogens with one attached hydrogen (secondary N) is 2. The molecule has 0 aliphatic heterocycles. The zero-order chi connectivity index (χ0) is 20.0. The van der Waals surface area contributed by atoms with Gasteiger partial charge in [0, 0.05) is 12.1 Å². The lowest BCUT2D eigenvalue weighted by Crippen LogP contribution is -2.23. The Balaban J connectivity index is 2.17. The molecule has 0 atom stereocenters. The van der Waals surface area contributed by atoms with E-state index >= 15 is 0 Å². The number of carbonyl (C=O) groups is 2. The SMILES string of the molecule is COC(=O)c1cc(OC)c(OC)cc1NCC(=O)Nc1ccc(C)cc1Cl. The molecule has 0 bridgehead atoms. The largest absolute Gasteiger partial charge is 0.493 e. The van der Waals surface area contributed by atoms with E-state index in [1.165, 1.54) is 27.4 Å². The minimum atomic E-state index is -0.569. The maximum absolute atomic E-state index is 12.2. The molecule has 0 unspecified atom stereocenters. The molecule has 0 aliphatic rings. The number of hydrogen-bond donors (Lipinski definition) is 2. The Morgan fingerprint density at radius 2 is 1.67 bits per heavy atom. The number of esters is 1. The standard InChI is InChI=1S/C19H21ClN2O5/c1-11-5-6-14(13(20)7-11)22-18(23)10-21-15-9-17(26-3)16(25-2)8-12(15)19(24)27-4/h5-9,21H,10H2,1-4H3,(H,22,23). The number of aryl methyl sites for hydroxylation is 1.